The molecule has 12 nitrogen and oxygen atoms in total. The number of hydrogen-bond acceptors (Lipinski definition) is 10. The third-order valence-corrected chi connectivity index (χ3v) is 10.5. The quantitative estimate of drug-likeness (QED) is 0.289. The Kier molecular flexibility index (Phi) is 6.01. The normalized spacial score (nSPS) is 22.6. The van der Waals surface area contributed by atoms with Crippen LogP contribution in [0, 0.1) is 17.2 Å². The minimum Gasteiger partial charge on any atom is -0.365 e. The van der Waals surface area contributed by atoms with E-state index >= 15 is 0 Å². The number of nitrogens with two attached hydrogens (primary N) is 2. The third-order valence-electron chi connectivity index (χ3n) is 7.76. The first-order chi connectivity index (χ1) is 18.3. The van der Waals surface area contributed by atoms with Gasteiger partial charge in [0, 0.05) is 15.8 Å². The predicted octanol–water partition coefficient (Wildman–Crippen LogP) is 0.446. The molecule has 14 heteroatoms. The number of H-pyrrole nitrogens is 1. The molecule has 1 saturated carbocycles. The molecule has 196 valence electrons. The first-order valence-electron chi connectivity index (χ1n) is 12.3. The van der Waals surface area contributed by atoms with Gasteiger partial charge in [-0.05, 0) is 67.8 Å². The van der Waals surface area contributed by atoms with Crippen LogP contribution < -0.4 is 16.8 Å². The number of nitrogens with zero attached hydrogens (tertiary/aromatic N) is 5. The molecule has 3 amide bonds. The van der Waals surface area contributed by atoms with Crippen molar-refractivity contribution in [3.8, 4) is 6.07 Å². The predicted molar refractivity (Wildman–Crippen MR) is 137 cm³/mol. The molecule has 6 rings (SSSR count). The van der Waals surface area contributed by atoms with Crippen LogP contribution in [0.4, 0.5) is 0 Å². The number of nitriles is 1. The van der Waals surface area contributed by atoms with Crippen LogP contribution in [0.2, 0.25) is 0 Å². The molecule has 4 heterocycles. The highest BCUT2D eigenvalue weighted by Gasteiger charge is 2.54. The van der Waals surface area contributed by atoms with E-state index in [4.69, 9.17) is 11.5 Å². The summed E-state index contributed by atoms with van der Waals surface area (Å²) in [6, 6.07) is 5.72. The van der Waals surface area contributed by atoms with Crippen molar-refractivity contribution in [1.29, 1.82) is 5.26 Å². The number of aryl methyl sites for hydroxylation is 2. The maximum atomic E-state index is 13.0. The Morgan fingerprint density at radius 1 is 1.13 bits per heavy atom. The summed E-state index contributed by atoms with van der Waals surface area (Å²) in [6.07, 6.45) is 3.42. The number of aromatic nitrogens is 4. The van der Waals surface area contributed by atoms with Crippen LogP contribution >= 0.6 is 22.7 Å². The highest BCUT2D eigenvalue weighted by atomic mass is 32.1. The van der Waals surface area contributed by atoms with E-state index in [1.54, 1.807) is 4.90 Å². The zero-order chi connectivity index (χ0) is 26.6. The van der Waals surface area contributed by atoms with Crippen molar-refractivity contribution in [2.75, 3.05) is 13.1 Å². The van der Waals surface area contributed by atoms with Gasteiger partial charge in [0.2, 0.25) is 5.91 Å². The van der Waals surface area contributed by atoms with Crippen LogP contribution in [-0.2, 0) is 23.1 Å². The summed E-state index contributed by atoms with van der Waals surface area (Å²) < 4.78 is 0. The minimum absolute atomic E-state index is 0.0864. The number of rotatable bonds is 8. The Labute approximate surface area is 225 Å². The second kappa shape index (κ2) is 9.26. The number of piperidine rings is 1. The first kappa shape index (κ1) is 24.7. The van der Waals surface area contributed by atoms with Crippen molar-refractivity contribution in [2.45, 2.75) is 49.6 Å². The van der Waals surface area contributed by atoms with E-state index in [1.807, 2.05) is 12.1 Å². The molecule has 2 fully saturated rings. The fraction of sp³-hybridized carbons (Fsp3) is 0.458. The average molecular weight is 552 g/mol. The van der Waals surface area contributed by atoms with E-state index in [0.717, 1.165) is 33.7 Å². The molecule has 0 radical (unpaired) electrons. The SMILES string of the molecule is N#C[C@@H]1C[C@@H]2C[C@@H]2N1C(=O)CNCCC1(c2nn[nH]n2)c2sc(C(N)=O)cc2CCc2cc(C(N)=O)sc21. The van der Waals surface area contributed by atoms with E-state index in [0.29, 0.717) is 47.3 Å². The summed E-state index contributed by atoms with van der Waals surface area (Å²) in [6.45, 7) is 0.489. The fourth-order valence-corrected chi connectivity index (χ4v) is 8.58. The first-order valence-corrected chi connectivity index (χ1v) is 14.0. The van der Waals surface area contributed by atoms with Gasteiger partial charge < -0.3 is 21.7 Å². The van der Waals surface area contributed by atoms with Crippen molar-refractivity contribution in [3.63, 3.8) is 0 Å². The topological polar surface area (TPSA) is 197 Å². The zero-order valence-corrected chi connectivity index (χ0v) is 21.9. The van der Waals surface area contributed by atoms with Crippen molar-refractivity contribution in [1.82, 2.24) is 30.8 Å². The van der Waals surface area contributed by atoms with E-state index in [9.17, 15) is 19.6 Å². The van der Waals surface area contributed by atoms with Gasteiger partial charge in [-0.25, -0.2) is 0 Å². The Bertz CT molecular complexity index is 1410. The highest BCUT2D eigenvalue weighted by molar-refractivity contribution is 7.16. The molecule has 6 N–H and O–H groups in total. The van der Waals surface area contributed by atoms with Crippen molar-refractivity contribution in [3.05, 3.63) is 48.6 Å². The summed E-state index contributed by atoms with van der Waals surface area (Å²) in [7, 11) is 0. The summed E-state index contributed by atoms with van der Waals surface area (Å²) in [5.74, 6) is -0.278. The summed E-state index contributed by atoms with van der Waals surface area (Å²) in [5, 5.41) is 27.8. The summed E-state index contributed by atoms with van der Waals surface area (Å²) in [5.41, 5.74) is 12.3. The van der Waals surface area contributed by atoms with Crippen LogP contribution in [0.25, 0.3) is 0 Å². The Hall–Kier alpha value is -3.67. The smallest absolute Gasteiger partial charge is 0.258 e. The summed E-state index contributed by atoms with van der Waals surface area (Å²) >= 11 is 2.58. The second-order valence-electron chi connectivity index (χ2n) is 9.97. The molecular weight excluding hydrogens is 526 g/mol. The summed E-state index contributed by atoms with van der Waals surface area (Å²) in [4.78, 5) is 41.6. The monoisotopic (exact) mass is 551 g/mol. The van der Waals surface area contributed by atoms with E-state index in [-0.39, 0.29) is 24.5 Å². The van der Waals surface area contributed by atoms with Gasteiger partial charge in [-0.1, -0.05) is 5.21 Å². The lowest BCUT2D eigenvalue weighted by atomic mass is 9.78. The molecule has 0 spiro atoms. The number of carbonyl (C=O) groups excluding carboxylic acids is 3. The number of amides is 3. The Morgan fingerprint density at radius 2 is 1.79 bits per heavy atom. The molecule has 3 aromatic heterocycles. The second-order valence-corrected chi connectivity index (χ2v) is 12.1. The van der Waals surface area contributed by atoms with Gasteiger partial charge in [0.1, 0.15) is 11.5 Å². The Balaban J connectivity index is 1.35. The van der Waals surface area contributed by atoms with Crippen LogP contribution in [-0.4, -0.2) is 68.4 Å². The van der Waals surface area contributed by atoms with Crippen molar-refractivity contribution in [2.24, 2.45) is 17.4 Å². The molecule has 38 heavy (non-hydrogen) atoms. The number of tetrazole rings is 1. The van der Waals surface area contributed by atoms with Gasteiger partial charge in [-0.15, -0.1) is 32.9 Å². The van der Waals surface area contributed by atoms with Crippen LogP contribution in [0.5, 0.6) is 0 Å². The molecule has 0 unspecified atom stereocenters. The Morgan fingerprint density at radius 3 is 2.34 bits per heavy atom. The number of hydrogen-bond donors (Lipinski definition) is 4. The maximum Gasteiger partial charge on any atom is 0.258 e. The number of nitrogens with one attached hydrogen (secondary N) is 2. The average Bonchev–Trinajstić information content (AvgIpc) is 3.40. The number of carbonyl (C=O) groups is 3. The van der Waals surface area contributed by atoms with Gasteiger partial charge >= 0.3 is 0 Å². The van der Waals surface area contributed by atoms with E-state index in [1.165, 1.54) is 22.7 Å². The molecule has 2 aliphatic carbocycles. The molecule has 1 aliphatic heterocycles. The van der Waals surface area contributed by atoms with E-state index in [2.05, 4.69) is 32.0 Å². The molecule has 3 aromatic rings. The maximum absolute atomic E-state index is 13.0. The molecule has 1 saturated heterocycles. The number of fused-ring (bicyclic) bond motifs is 3. The largest absolute Gasteiger partial charge is 0.365 e. The van der Waals surface area contributed by atoms with Crippen molar-refractivity contribution >= 4 is 40.4 Å². The van der Waals surface area contributed by atoms with Gasteiger partial charge in [0.15, 0.2) is 5.82 Å². The van der Waals surface area contributed by atoms with Crippen molar-refractivity contribution < 1.29 is 14.4 Å². The highest BCUT2D eigenvalue weighted by Crippen LogP contribution is 2.51. The zero-order valence-electron chi connectivity index (χ0n) is 20.3. The number of likely N-dealkylation sites (tertiary alicyclic amines) is 1. The van der Waals surface area contributed by atoms with Crippen LogP contribution in [0.1, 0.15) is 65.3 Å². The lowest BCUT2D eigenvalue weighted by Gasteiger charge is -2.30. The number of aromatic amines is 1. The van der Waals surface area contributed by atoms with Crippen LogP contribution in [0.3, 0.4) is 0 Å². The molecule has 3 aliphatic rings. The molecule has 0 aromatic carbocycles. The third kappa shape index (κ3) is 3.89. The number of thiophene rings is 2. The molecule has 3 atom stereocenters. The fourth-order valence-electron chi connectivity index (χ4n) is 5.94. The number of primary amides is 2. The molecule has 0 bridgehead atoms. The van der Waals surface area contributed by atoms with E-state index < -0.39 is 17.2 Å². The lowest BCUT2D eigenvalue weighted by molar-refractivity contribution is -0.131. The van der Waals surface area contributed by atoms with Gasteiger partial charge in [-0.3, -0.25) is 14.4 Å². The standard InChI is InChI=1S/C24H25N9O3S2/c25-9-14-5-13-6-15(13)33(14)18(34)10-28-4-3-24(23-29-31-32-30-23)19-11(7-16(37-19)21(26)35)1-2-12-8-17(22(27)36)38-20(12)24/h7-8,13-15,28H,1-6,10H2,(H2,26,35)(H2,27,36)(H,29,30,31,32)/t13-,14+,15+/m1/s1. The minimum atomic E-state index is -0.939. The van der Waals surface area contributed by atoms with Gasteiger partial charge in [0.05, 0.1) is 22.4 Å². The lowest BCUT2D eigenvalue weighted by Crippen LogP contribution is -2.43. The molecular formula is C24H25N9O3S2. The van der Waals surface area contributed by atoms with Crippen LogP contribution in [0.15, 0.2) is 12.1 Å². The van der Waals surface area contributed by atoms with Gasteiger partial charge in [0.25, 0.3) is 11.8 Å². The van der Waals surface area contributed by atoms with Gasteiger partial charge in [-0.2, -0.15) is 10.5 Å².